The van der Waals surface area contributed by atoms with Crippen molar-refractivity contribution in [3.63, 3.8) is 0 Å². The first kappa shape index (κ1) is 25.0. The quantitative estimate of drug-likeness (QED) is 0.163. The van der Waals surface area contributed by atoms with E-state index in [1.165, 1.54) is 25.7 Å². The van der Waals surface area contributed by atoms with Crippen LogP contribution in [-0.4, -0.2) is 28.5 Å². The second-order valence-corrected chi connectivity index (χ2v) is 6.43. The van der Waals surface area contributed by atoms with Crippen LogP contribution in [0.25, 0.3) is 0 Å². The molecule has 0 amide bonds. The van der Waals surface area contributed by atoms with Gasteiger partial charge in [0.05, 0.1) is 0 Å². The van der Waals surface area contributed by atoms with Crippen molar-refractivity contribution in [3.05, 3.63) is 58.7 Å². The first-order chi connectivity index (χ1) is 13.1. The number of hydrogen-bond donors (Lipinski definition) is 1. The van der Waals surface area contributed by atoms with E-state index in [9.17, 15) is 20.0 Å². The molecule has 27 heavy (non-hydrogen) atoms. The highest BCUT2D eigenvalue weighted by molar-refractivity contribution is 5.50. The van der Waals surface area contributed by atoms with Crippen LogP contribution in [-0.2, 0) is 4.79 Å². The lowest BCUT2D eigenvalue weighted by molar-refractivity contribution is -0.534. The third-order valence-electron chi connectivity index (χ3n) is 4.09. The van der Waals surface area contributed by atoms with Gasteiger partial charge in [-0.2, -0.15) is 0 Å². The second kappa shape index (κ2) is 18.8. The second-order valence-electron chi connectivity index (χ2n) is 6.43. The Labute approximate surface area is 163 Å². The van der Waals surface area contributed by atoms with Gasteiger partial charge in [0.2, 0.25) is 6.04 Å². The third-order valence-corrected chi connectivity index (χ3v) is 4.09. The number of nitrogens with zero attached hydrogens (tertiary/aromatic N) is 1. The lowest BCUT2D eigenvalue weighted by Crippen LogP contribution is -2.33. The molecule has 5 nitrogen and oxygen atoms in total. The summed E-state index contributed by atoms with van der Waals surface area (Å²) < 4.78 is 0. The maximum atomic E-state index is 10.9. The van der Waals surface area contributed by atoms with Crippen LogP contribution in [0, 0.1) is 10.1 Å². The molecule has 5 heteroatoms. The molecule has 0 aliphatic rings. The van der Waals surface area contributed by atoms with Crippen LogP contribution in [0.1, 0.15) is 71.1 Å². The minimum absolute atomic E-state index is 0.0195. The maximum absolute atomic E-state index is 10.9. The van der Waals surface area contributed by atoms with Gasteiger partial charge in [-0.1, -0.05) is 68.4 Å². The molecule has 151 valence electrons. The highest BCUT2D eigenvalue weighted by Gasteiger charge is 2.28. The Balaban J connectivity index is 3.84. The van der Waals surface area contributed by atoms with Gasteiger partial charge in [-0.15, -0.1) is 0 Å². The monoisotopic (exact) mass is 376 g/mol. The van der Waals surface area contributed by atoms with Crippen LogP contribution < -0.4 is 0 Å². The van der Waals surface area contributed by atoms with Gasteiger partial charge in [-0.05, 0) is 38.5 Å². The molecule has 2 atom stereocenters. The zero-order valence-corrected chi connectivity index (χ0v) is 16.5. The van der Waals surface area contributed by atoms with Gasteiger partial charge < -0.3 is 5.11 Å². The van der Waals surface area contributed by atoms with Crippen LogP contribution in [0.5, 0.6) is 0 Å². The fourth-order valence-corrected chi connectivity index (χ4v) is 2.48. The minimum Gasteiger partial charge on any atom is -0.386 e. The number of nitro groups is 1. The van der Waals surface area contributed by atoms with Crippen molar-refractivity contribution in [3.8, 4) is 0 Å². The molecule has 2 unspecified atom stereocenters. The lowest BCUT2D eigenvalue weighted by Gasteiger charge is -2.13. The molecular formula is C22H34NO4. The fraction of sp³-hybridized carbons (Fsp3) is 0.591. The van der Waals surface area contributed by atoms with Crippen molar-refractivity contribution in [1.29, 1.82) is 0 Å². The lowest BCUT2D eigenvalue weighted by atomic mass is 10.0. The molecule has 0 rings (SSSR count). The molecule has 0 heterocycles. The molecule has 0 saturated heterocycles. The normalized spacial score (nSPS) is 14.6. The van der Waals surface area contributed by atoms with E-state index in [4.69, 9.17) is 0 Å². The van der Waals surface area contributed by atoms with Gasteiger partial charge >= 0.3 is 0 Å². The Morgan fingerprint density at radius 2 is 1.52 bits per heavy atom. The molecule has 0 aliphatic carbocycles. The summed E-state index contributed by atoms with van der Waals surface area (Å²) in [4.78, 5) is 20.6. The standard InChI is InChI=1S/C22H34NO4/c1-2-3-4-5-6-7-8-9-10-11-12-13-14-15-16-19-22(25)21(23(26)27)18-17-20-24/h6-7,9-10,12-13,15-16,21-22,25H,2-5,8,11,14,17-19H2,1H3/b7-6-,10-9-,13-12-,16-15-. The Bertz CT molecular complexity index is 495. The molecule has 0 spiro atoms. The van der Waals surface area contributed by atoms with Crippen molar-refractivity contribution >= 4 is 6.29 Å². The summed E-state index contributed by atoms with van der Waals surface area (Å²) in [5, 5.41) is 20.7. The number of hydrogen-bond acceptors (Lipinski definition) is 4. The molecule has 0 aliphatic heterocycles. The predicted octanol–water partition coefficient (Wildman–Crippen LogP) is 5.25. The molecule has 0 saturated carbocycles. The number of aliphatic hydroxyl groups is 1. The van der Waals surface area contributed by atoms with Crippen molar-refractivity contribution in [2.24, 2.45) is 0 Å². The molecule has 0 aromatic rings. The van der Waals surface area contributed by atoms with Crippen molar-refractivity contribution < 1.29 is 14.8 Å². The topological polar surface area (TPSA) is 80.4 Å². The Kier molecular flexibility index (Phi) is 17.4. The van der Waals surface area contributed by atoms with Crippen LogP contribution >= 0.6 is 0 Å². The minimum atomic E-state index is -1.11. The van der Waals surface area contributed by atoms with E-state index >= 15 is 0 Å². The van der Waals surface area contributed by atoms with Gasteiger partial charge in [0.15, 0.2) is 6.29 Å². The average Bonchev–Trinajstić information content (AvgIpc) is 2.65. The van der Waals surface area contributed by atoms with Crippen molar-refractivity contribution in [2.75, 3.05) is 0 Å². The van der Waals surface area contributed by atoms with E-state index in [1.54, 1.807) is 12.4 Å². The Morgan fingerprint density at radius 1 is 0.963 bits per heavy atom. The van der Waals surface area contributed by atoms with E-state index in [-0.39, 0.29) is 19.3 Å². The summed E-state index contributed by atoms with van der Waals surface area (Å²) >= 11 is 0. The Hall–Kier alpha value is -2.01. The first-order valence-electron chi connectivity index (χ1n) is 9.90. The van der Waals surface area contributed by atoms with E-state index < -0.39 is 17.1 Å². The van der Waals surface area contributed by atoms with E-state index in [0.29, 0.717) is 0 Å². The predicted molar refractivity (Wildman–Crippen MR) is 111 cm³/mol. The SMILES string of the molecule is CCCCC/C=C\C/C=C\C/C=C\C/C=C\CC(O)C(CC[C]=O)[N+](=O)[O-]. The Morgan fingerprint density at radius 3 is 2.04 bits per heavy atom. The van der Waals surface area contributed by atoms with E-state index in [1.807, 2.05) is 12.2 Å². The fourth-order valence-electron chi connectivity index (χ4n) is 2.48. The summed E-state index contributed by atoms with van der Waals surface area (Å²) in [5.41, 5.74) is 0. The molecular weight excluding hydrogens is 342 g/mol. The van der Waals surface area contributed by atoms with Crippen LogP contribution in [0.4, 0.5) is 0 Å². The molecule has 1 radical (unpaired) electrons. The summed E-state index contributed by atoms with van der Waals surface area (Å²) in [6.45, 7) is 2.21. The number of aliphatic hydroxyl groups excluding tert-OH is 1. The van der Waals surface area contributed by atoms with Gasteiger partial charge in [0, 0.05) is 17.8 Å². The van der Waals surface area contributed by atoms with E-state index in [0.717, 1.165) is 19.3 Å². The maximum Gasteiger partial charge on any atom is 0.239 e. The van der Waals surface area contributed by atoms with Crippen molar-refractivity contribution in [2.45, 2.75) is 83.3 Å². The van der Waals surface area contributed by atoms with Crippen LogP contribution in [0.2, 0.25) is 0 Å². The van der Waals surface area contributed by atoms with Gasteiger partial charge in [0.1, 0.15) is 6.10 Å². The highest BCUT2D eigenvalue weighted by atomic mass is 16.6. The first-order valence-corrected chi connectivity index (χ1v) is 9.90. The third kappa shape index (κ3) is 15.9. The van der Waals surface area contributed by atoms with Gasteiger partial charge in [-0.3, -0.25) is 14.9 Å². The summed E-state index contributed by atoms with van der Waals surface area (Å²) in [6, 6.07) is -1.11. The highest BCUT2D eigenvalue weighted by Crippen LogP contribution is 2.10. The largest absolute Gasteiger partial charge is 0.386 e. The molecule has 0 aromatic carbocycles. The summed E-state index contributed by atoms with van der Waals surface area (Å²) in [5.74, 6) is 0. The van der Waals surface area contributed by atoms with E-state index in [2.05, 4.69) is 37.3 Å². The number of rotatable bonds is 17. The van der Waals surface area contributed by atoms with Crippen LogP contribution in [0.15, 0.2) is 48.6 Å². The van der Waals surface area contributed by atoms with Crippen molar-refractivity contribution in [1.82, 2.24) is 0 Å². The van der Waals surface area contributed by atoms with Crippen LogP contribution in [0.3, 0.4) is 0 Å². The van der Waals surface area contributed by atoms with Gasteiger partial charge in [-0.25, -0.2) is 0 Å². The summed E-state index contributed by atoms with van der Waals surface area (Å²) in [6.07, 6.45) is 24.8. The summed E-state index contributed by atoms with van der Waals surface area (Å²) in [7, 11) is 0. The zero-order valence-electron chi connectivity index (χ0n) is 16.5. The van der Waals surface area contributed by atoms with Gasteiger partial charge in [0.25, 0.3) is 0 Å². The molecule has 0 bridgehead atoms. The molecule has 1 N–H and O–H groups in total. The molecule has 0 aromatic heterocycles. The number of carbonyl (C=O) groups excluding carboxylic acids is 1. The number of unbranched alkanes of at least 4 members (excludes halogenated alkanes) is 3. The molecule has 0 fully saturated rings. The average molecular weight is 377 g/mol. The number of allylic oxidation sites excluding steroid dienone is 7. The zero-order chi connectivity index (χ0) is 20.2. The smallest absolute Gasteiger partial charge is 0.239 e.